The Morgan fingerprint density at radius 3 is 2.50 bits per heavy atom. The molecule has 1 aliphatic carbocycles. The van der Waals surface area contributed by atoms with Gasteiger partial charge in [0.2, 0.25) is 0 Å². The van der Waals surface area contributed by atoms with Gasteiger partial charge in [-0.2, -0.15) is 0 Å². The Kier molecular flexibility index (Phi) is 12.5. The molecule has 2 heterocycles. The van der Waals surface area contributed by atoms with Gasteiger partial charge >= 0.3 is 5.97 Å². The molecule has 8 nitrogen and oxygen atoms in total. The van der Waals surface area contributed by atoms with Crippen LogP contribution in [0.25, 0.3) is 0 Å². The number of carbonyl (C=O) groups is 2. The summed E-state index contributed by atoms with van der Waals surface area (Å²) < 4.78 is 30.3. The molecule has 0 aromatic heterocycles. The Morgan fingerprint density at radius 2 is 1.80 bits per heavy atom. The molecule has 2 aliphatic heterocycles. The maximum Gasteiger partial charge on any atom is 0.303 e. The first-order chi connectivity index (χ1) is 19.6. The van der Waals surface area contributed by atoms with Gasteiger partial charge in [0.25, 0.3) is 0 Å². The molecular weight excluding hydrogens is 512 g/mol. The van der Waals surface area contributed by atoms with Crippen molar-refractivity contribution in [2.45, 2.75) is 89.0 Å². The summed E-state index contributed by atoms with van der Waals surface area (Å²) in [6, 6.07) is 9.62. The van der Waals surface area contributed by atoms with Gasteiger partial charge in [0, 0.05) is 37.9 Å². The summed E-state index contributed by atoms with van der Waals surface area (Å²) in [5.41, 5.74) is 3.05. The molecule has 6 atom stereocenters. The number of carbonyl (C=O) groups excluding carboxylic acids is 1. The van der Waals surface area contributed by atoms with Crippen LogP contribution in [0.15, 0.2) is 60.4 Å². The minimum Gasteiger partial charge on any atom is -0.491 e. The first-order valence-corrected chi connectivity index (χ1v) is 14.6. The molecule has 3 fully saturated rings. The number of ether oxygens (including phenoxy) is 5. The quantitative estimate of drug-likeness (QED) is 0.234. The lowest BCUT2D eigenvalue weighted by atomic mass is 9.90. The van der Waals surface area contributed by atoms with Crippen LogP contribution in [-0.2, 0) is 28.5 Å². The number of hydrogen-bond acceptors (Lipinski definition) is 7. The highest BCUT2D eigenvalue weighted by molar-refractivity contribution is 5.85. The maximum absolute atomic E-state index is 13.2. The van der Waals surface area contributed by atoms with Crippen LogP contribution in [-0.4, -0.2) is 61.5 Å². The van der Waals surface area contributed by atoms with Crippen LogP contribution < -0.4 is 4.74 Å². The Balaban J connectivity index is 1.47. The van der Waals surface area contributed by atoms with E-state index in [0.717, 1.165) is 44.3 Å². The second kappa shape index (κ2) is 16.5. The molecule has 4 rings (SSSR count). The topological polar surface area (TPSA) is 101 Å². The van der Waals surface area contributed by atoms with Crippen molar-refractivity contribution in [2.24, 2.45) is 11.8 Å². The van der Waals surface area contributed by atoms with Gasteiger partial charge in [-0.25, -0.2) is 0 Å². The Labute approximate surface area is 237 Å². The lowest BCUT2D eigenvalue weighted by Crippen LogP contribution is -2.32. The van der Waals surface area contributed by atoms with Crippen LogP contribution in [0.1, 0.15) is 64.2 Å². The van der Waals surface area contributed by atoms with Crippen molar-refractivity contribution in [3.8, 4) is 5.75 Å². The van der Waals surface area contributed by atoms with E-state index in [9.17, 15) is 9.59 Å². The highest BCUT2D eigenvalue weighted by Crippen LogP contribution is 2.37. The van der Waals surface area contributed by atoms with E-state index in [1.807, 2.05) is 48.6 Å². The van der Waals surface area contributed by atoms with E-state index in [-0.39, 0.29) is 48.8 Å². The standard InChI is InChI=1S/C32H42O8/c33-28-22-29(40-32-17-9-11-21-37-32)27(26(28)14-6-1-2-7-15-30(34)35)19-18-25(39-31-16-8-10-20-36-31)23-38-24-12-4-3-5-13-24/h2-6,12-13,18-19,25-27,29,31-32H,7-11,14-17,20-23H2,(H,34,35)/t1?,25?,26-,27-,29?,31?,32?/m1/s1. The predicted molar refractivity (Wildman–Crippen MR) is 149 cm³/mol. The van der Waals surface area contributed by atoms with E-state index < -0.39 is 5.97 Å². The second-order valence-electron chi connectivity index (χ2n) is 10.5. The van der Waals surface area contributed by atoms with Gasteiger partial charge < -0.3 is 28.8 Å². The van der Waals surface area contributed by atoms with Crippen molar-refractivity contribution < 1.29 is 38.4 Å². The first kappa shape index (κ1) is 30.2. The fraction of sp³-hybridized carbons (Fsp3) is 0.594. The van der Waals surface area contributed by atoms with E-state index >= 15 is 0 Å². The van der Waals surface area contributed by atoms with E-state index in [1.165, 1.54) is 0 Å². The largest absolute Gasteiger partial charge is 0.491 e. The third kappa shape index (κ3) is 10.0. The zero-order chi connectivity index (χ0) is 28.0. The molecule has 4 unspecified atom stereocenters. The first-order valence-electron chi connectivity index (χ1n) is 14.6. The molecule has 0 spiro atoms. The molecule has 0 bridgehead atoms. The minimum absolute atomic E-state index is 0.0585. The fourth-order valence-electron chi connectivity index (χ4n) is 5.32. The summed E-state index contributed by atoms with van der Waals surface area (Å²) in [6.45, 7) is 1.67. The third-order valence-electron chi connectivity index (χ3n) is 7.45. The van der Waals surface area contributed by atoms with Gasteiger partial charge in [0.05, 0.1) is 6.10 Å². The van der Waals surface area contributed by atoms with Crippen LogP contribution in [0.2, 0.25) is 0 Å². The number of para-hydroxylation sites is 1. The maximum atomic E-state index is 13.2. The van der Waals surface area contributed by atoms with E-state index in [2.05, 4.69) is 5.73 Å². The number of carboxylic acids is 1. The van der Waals surface area contributed by atoms with Gasteiger partial charge in [-0.3, -0.25) is 9.59 Å². The lowest BCUT2D eigenvalue weighted by molar-refractivity contribution is -0.192. The molecular formula is C32H42O8. The third-order valence-corrected chi connectivity index (χ3v) is 7.45. The average Bonchev–Trinajstić information content (AvgIpc) is 3.26. The molecule has 1 aromatic rings. The smallest absolute Gasteiger partial charge is 0.303 e. The van der Waals surface area contributed by atoms with Crippen molar-refractivity contribution in [2.75, 3.05) is 19.8 Å². The highest BCUT2D eigenvalue weighted by Gasteiger charge is 2.42. The minimum atomic E-state index is -0.842. The summed E-state index contributed by atoms with van der Waals surface area (Å²) in [5, 5.41) is 8.82. The summed E-state index contributed by atoms with van der Waals surface area (Å²) in [4.78, 5) is 23.9. The molecule has 0 radical (unpaired) electrons. The van der Waals surface area contributed by atoms with Crippen LogP contribution >= 0.6 is 0 Å². The number of allylic oxidation sites excluding steroid dienone is 1. The van der Waals surface area contributed by atoms with E-state index in [0.29, 0.717) is 39.1 Å². The average molecular weight is 555 g/mol. The second-order valence-corrected chi connectivity index (χ2v) is 10.5. The van der Waals surface area contributed by atoms with Crippen LogP contribution in [0.5, 0.6) is 5.75 Å². The molecule has 40 heavy (non-hydrogen) atoms. The van der Waals surface area contributed by atoms with Gasteiger partial charge in [0.1, 0.15) is 24.2 Å². The van der Waals surface area contributed by atoms with Gasteiger partial charge in [-0.05, 0) is 75.7 Å². The Bertz CT molecular complexity index is 1000. The molecule has 3 aliphatic rings. The van der Waals surface area contributed by atoms with Crippen LogP contribution in [0.3, 0.4) is 0 Å². The molecule has 8 heteroatoms. The zero-order valence-corrected chi connectivity index (χ0v) is 23.2. The lowest BCUT2D eigenvalue weighted by Gasteiger charge is -2.29. The molecule has 1 N–H and O–H groups in total. The SMILES string of the molecule is O=C(O)CCC=C=CC[C@H]1C(=O)CC(OC2CCCCO2)[C@@H]1C=CC(COc1ccccc1)OC1CCCCO1. The summed E-state index contributed by atoms with van der Waals surface area (Å²) in [7, 11) is 0. The van der Waals surface area contributed by atoms with E-state index in [1.54, 1.807) is 6.08 Å². The molecule has 2 saturated heterocycles. The van der Waals surface area contributed by atoms with Gasteiger partial charge in [0.15, 0.2) is 12.6 Å². The van der Waals surface area contributed by atoms with Crippen molar-refractivity contribution in [3.63, 3.8) is 0 Å². The van der Waals surface area contributed by atoms with Crippen molar-refractivity contribution in [1.29, 1.82) is 0 Å². The highest BCUT2D eigenvalue weighted by atomic mass is 16.7. The fourth-order valence-corrected chi connectivity index (χ4v) is 5.32. The van der Waals surface area contributed by atoms with E-state index in [4.69, 9.17) is 28.8 Å². The Hall–Kier alpha value is -2.74. The van der Waals surface area contributed by atoms with Gasteiger partial charge in [-0.15, -0.1) is 5.73 Å². The number of carboxylic acid groups (broad SMARTS) is 1. The van der Waals surface area contributed by atoms with Crippen molar-refractivity contribution in [1.82, 2.24) is 0 Å². The number of rotatable bonds is 14. The molecule has 1 saturated carbocycles. The predicted octanol–water partition coefficient (Wildman–Crippen LogP) is 5.62. The number of aliphatic carboxylic acids is 1. The van der Waals surface area contributed by atoms with Crippen molar-refractivity contribution in [3.05, 3.63) is 60.4 Å². The van der Waals surface area contributed by atoms with Gasteiger partial charge in [-0.1, -0.05) is 30.4 Å². The zero-order valence-electron chi connectivity index (χ0n) is 23.2. The number of hydrogen-bond donors (Lipinski definition) is 1. The summed E-state index contributed by atoms with van der Waals surface area (Å²) in [5.74, 6) is -0.367. The van der Waals surface area contributed by atoms with Crippen LogP contribution in [0.4, 0.5) is 0 Å². The number of ketones is 1. The molecule has 0 amide bonds. The summed E-state index contributed by atoms with van der Waals surface area (Å²) in [6.07, 6.45) is 13.5. The molecule has 1 aromatic carbocycles. The normalized spacial score (nSPS) is 27.7. The van der Waals surface area contributed by atoms with Crippen LogP contribution in [0, 0.1) is 11.8 Å². The Morgan fingerprint density at radius 1 is 1.05 bits per heavy atom. The molecule has 218 valence electrons. The number of Topliss-reactive ketones (excluding diaryl/α,β-unsaturated/α-hetero) is 1. The summed E-state index contributed by atoms with van der Waals surface area (Å²) >= 11 is 0. The monoisotopic (exact) mass is 554 g/mol. The number of benzene rings is 1. The van der Waals surface area contributed by atoms with Crippen molar-refractivity contribution >= 4 is 11.8 Å².